The number of hydrogen-bond acceptors (Lipinski definition) is 6. The molecular formula is C25H21BrN2O5. The van der Waals surface area contributed by atoms with Crippen LogP contribution in [0, 0.1) is 0 Å². The Balaban J connectivity index is 1.43. The van der Waals surface area contributed by atoms with Crippen molar-refractivity contribution in [3.63, 3.8) is 0 Å². The molecule has 3 aromatic rings. The zero-order chi connectivity index (χ0) is 23.2. The van der Waals surface area contributed by atoms with Gasteiger partial charge in [-0.2, -0.15) is 5.10 Å². The number of benzene rings is 3. The van der Waals surface area contributed by atoms with Crippen LogP contribution >= 0.6 is 15.9 Å². The molecule has 3 aromatic carbocycles. The van der Waals surface area contributed by atoms with E-state index in [2.05, 4.69) is 26.5 Å². The van der Waals surface area contributed by atoms with Gasteiger partial charge in [0, 0.05) is 10.0 Å². The molecule has 0 bridgehead atoms. The highest BCUT2D eigenvalue weighted by Crippen LogP contribution is 2.29. The summed E-state index contributed by atoms with van der Waals surface area (Å²) in [5, 5.41) is 4.04. The normalized spacial score (nSPS) is 12.4. The number of ether oxygens (including phenoxy) is 3. The Morgan fingerprint density at radius 2 is 1.76 bits per heavy atom. The van der Waals surface area contributed by atoms with Crippen LogP contribution in [0.15, 0.2) is 70.2 Å². The van der Waals surface area contributed by atoms with Gasteiger partial charge in [0.05, 0.1) is 31.6 Å². The number of nitrogens with zero attached hydrogens (tertiary/aromatic N) is 1. The second kappa shape index (κ2) is 10.4. The molecule has 33 heavy (non-hydrogen) atoms. The minimum atomic E-state index is -0.489. The number of fused-ring (bicyclic) bond motifs is 1. The summed E-state index contributed by atoms with van der Waals surface area (Å²) in [6.45, 7) is 3.32. The van der Waals surface area contributed by atoms with E-state index in [0.29, 0.717) is 48.0 Å². The number of hydrazone groups is 1. The average Bonchev–Trinajstić information content (AvgIpc) is 3.29. The Kier molecular flexibility index (Phi) is 7.16. The first-order valence-electron chi connectivity index (χ1n) is 10.3. The number of hydrogen-bond donors (Lipinski definition) is 1. The maximum absolute atomic E-state index is 12.4. The fraction of sp³-hybridized carbons (Fsp3) is 0.160. The predicted octanol–water partition coefficient (Wildman–Crippen LogP) is 4.86. The van der Waals surface area contributed by atoms with Crippen molar-refractivity contribution in [1.29, 1.82) is 0 Å². The molecule has 0 unspecified atom stereocenters. The lowest BCUT2D eigenvalue weighted by Crippen LogP contribution is -2.17. The van der Waals surface area contributed by atoms with E-state index in [0.717, 1.165) is 15.6 Å². The van der Waals surface area contributed by atoms with Crippen molar-refractivity contribution in [3.8, 4) is 11.5 Å². The van der Waals surface area contributed by atoms with Gasteiger partial charge in [0.25, 0.3) is 5.91 Å². The minimum Gasteiger partial charge on any atom is -0.490 e. The quantitative estimate of drug-likeness (QED) is 0.213. The summed E-state index contributed by atoms with van der Waals surface area (Å²) in [6, 6.07) is 17.4. The second-order valence-electron chi connectivity index (χ2n) is 7.21. The van der Waals surface area contributed by atoms with Gasteiger partial charge in [-0.3, -0.25) is 4.79 Å². The van der Waals surface area contributed by atoms with Crippen LogP contribution in [0.25, 0.3) is 0 Å². The molecule has 1 aliphatic rings. The van der Waals surface area contributed by atoms with Gasteiger partial charge in [0.1, 0.15) is 0 Å². The Morgan fingerprint density at radius 1 is 1.00 bits per heavy atom. The van der Waals surface area contributed by atoms with Crippen LogP contribution in [0.1, 0.15) is 44.3 Å². The summed E-state index contributed by atoms with van der Waals surface area (Å²) < 4.78 is 17.4. The summed E-state index contributed by atoms with van der Waals surface area (Å²) in [5.74, 6) is -0.105. The Morgan fingerprint density at radius 3 is 2.55 bits per heavy atom. The van der Waals surface area contributed by atoms with Crippen LogP contribution < -0.4 is 14.9 Å². The molecule has 168 valence electrons. The van der Waals surface area contributed by atoms with Gasteiger partial charge in [0.15, 0.2) is 11.5 Å². The highest BCUT2D eigenvalue weighted by Gasteiger charge is 2.15. The van der Waals surface area contributed by atoms with E-state index in [1.807, 2.05) is 19.1 Å². The van der Waals surface area contributed by atoms with Gasteiger partial charge in [-0.1, -0.05) is 22.0 Å². The van der Waals surface area contributed by atoms with Gasteiger partial charge < -0.3 is 14.2 Å². The molecule has 1 amide bonds. The Bertz CT molecular complexity index is 1210. The standard InChI is InChI=1S/C25H21BrN2O5/c1-2-32-23-11-16(3-10-22(23)33-25(30)17-6-8-21(26)9-7-17)13-27-28-24(29)18-4-5-19-14-31-15-20(19)12-18/h3-13H,2,14-15H2,1H3,(H,28,29). The molecule has 0 saturated heterocycles. The summed E-state index contributed by atoms with van der Waals surface area (Å²) in [4.78, 5) is 24.8. The minimum absolute atomic E-state index is 0.298. The molecule has 0 spiro atoms. The number of rotatable bonds is 7. The summed E-state index contributed by atoms with van der Waals surface area (Å²) in [7, 11) is 0. The topological polar surface area (TPSA) is 86.2 Å². The zero-order valence-electron chi connectivity index (χ0n) is 17.8. The molecule has 1 aliphatic heterocycles. The largest absolute Gasteiger partial charge is 0.490 e. The van der Waals surface area contributed by atoms with E-state index in [4.69, 9.17) is 14.2 Å². The monoisotopic (exact) mass is 508 g/mol. The van der Waals surface area contributed by atoms with E-state index >= 15 is 0 Å². The van der Waals surface area contributed by atoms with E-state index in [9.17, 15) is 9.59 Å². The SMILES string of the molecule is CCOc1cc(C=NNC(=O)c2ccc3c(c2)COC3)ccc1OC(=O)c1ccc(Br)cc1. The van der Waals surface area contributed by atoms with E-state index < -0.39 is 5.97 Å². The lowest BCUT2D eigenvalue weighted by molar-refractivity contribution is 0.0728. The lowest BCUT2D eigenvalue weighted by Gasteiger charge is -2.11. The van der Waals surface area contributed by atoms with Crippen LogP contribution in [0.4, 0.5) is 0 Å². The summed E-state index contributed by atoms with van der Waals surface area (Å²) >= 11 is 3.34. The number of halogens is 1. The first-order valence-corrected chi connectivity index (χ1v) is 11.1. The highest BCUT2D eigenvalue weighted by molar-refractivity contribution is 9.10. The van der Waals surface area contributed by atoms with Crippen LogP contribution in [-0.4, -0.2) is 24.7 Å². The highest BCUT2D eigenvalue weighted by atomic mass is 79.9. The third-order valence-corrected chi connectivity index (χ3v) is 5.44. The maximum atomic E-state index is 12.4. The molecule has 4 rings (SSSR count). The number of carbonyl (C=O) groups is 2. The molecule has 8 heteroatoms. The number of esters is 1. The summed E-state index contributed by atoms with van der Waals surface area (Å²) in [6.07, 6.45) is 1.50. The van der Waals surface area contributed by atoms with Crippen molar-refractivity contribution >= 4 is 34.0 Å². The molecule has 0 aromatic heterocycles. The molecule has 0 aliphatic carbocycles. The maximum Gasteiger partial charge on any atom is 0.343 e. The fourth-order valence-corrected chi connectivity index (χ4v) is 3.51. The Labute approximate surface area is 199 Å². The van der Waals surface area contributed by atoms with Gasteiger partial charge in [0.2, 0.25) is 0 Å². The van der Waals surface area contributed by atoms with Crippen molar-refractivity contribution < 1.29 is 23.8 Å². The molecule has 1 N–H and O–H groups in total. The van der Waals surface area contributed by atoms with Crippen molar-refractivity contribution in [3.05, 3.63) is 93.0 Å². The van der Waals surface area contributed by atoms with Crippen molar-refractivity contribution in [2.75, 3.05) is 6.61 Å². The second-order valence-corrected chi connectivity index (χ2v) is 8.13. The van der Waals surface area contributed by atoms with Gasteiger partial charge in [-0.05, 0) is 78.2 Å². The van der Waals surface area contributed by atoms with Gasteiger partial charge >= 0.3 is 5.97 Å². The summed E-state index contributed by atoms with van der Waals surface area (Å²) in [5.41, 5.74) is 6.24. The average molecular weight is 509 g/mol. The first-order chi connectivity index (χ1) is 16.0. The fourth-order valence-electron chi connectivity index (χ4n) is 3.25. The van der Waals surface area contributed by atoms with Crippen molar-refractivity contribution in [2.24, 2.45) is 5.10 Å². The molecule has 1 heterocycles. The van der Waals surface area contributed by atoms with Crippen LogP contribution in [0.5, 0.6) is 11.5 Å². The third kappa shape index (κ3) is 5.66. The van der Waals surface area contributed by atoms with Crippen LogP contribution in [0.2, 0.25) is 0 Å². The lowest BCUT2D eigenvalue weighted by atomic mass is 10.1. The smallest absolute Gasteiger partial charge is 0.343 e. The molecule has 0 atom stereocenters. The predicted molar refractivity (Wildman–Crippen MR) is 127 cm³/mol. The van der Waals surface area contributed by atoms with E-state index in [1.165, 1.54) is 6.21 Å². The van der Waals surface area contributed by atoms with Crippen LogP contribution in [0.3, 0.4) is 0 Å². The zero-order valence-corrected chi connectivity index (χ0v) is 19.4. The third-order valence-electron chi connectivity index (χ3n) is 4.91. The van der Waals surface area contributed by atoms with E-state index in [1.54, 1.807) is 48.5 Å². The number of carbonyl (C=O) groups excluding carboxylic acids is 2. The number of amides is 1. The molecule has 7 nitrogen and oxygen atoms in total. The van der Waals surface area contributed by atoms with Gasteiger partial charge in [-0.15, -0.1) is 0 Å². The van der Waals surface area contributed by atoms with E-state index in [-0.39, 0.29) is 5.91 Å². The van der Waals surface area contributed by atoms with Crippen molar-refractivity contribution in [1.82, 2.24) is 5.43 Å². The molecule has 0 fully saturated rings. The molecular weight excluding hydrogens is 488 g/mol. The first kappa shape index (κ1) is 22.7. The molecule has 0 saturated carbocycles. The van der Waals surface area contributed by atoms with Crippen molar-refractivity contribution in [2.45, 2.75) is 20.1 Å². The van der Waals surface area contributed by atoms with Crippen LogP contribution in [-0.2, 0) is 18.0 Å². The molecule has 0 radical (unpaired) electrons. The number of nitrogens with one attached hydrogen (secondary N) is 1. The van der Waals surface area contributed by atoms with Gasteiger partial charge in [-0.25, -0.2) is 10.2 Å². The Hall–Kier alpha value is -3.49.